The number of carbonyl (C=O) groups is 1. The molecule has 2 aromatic rings. The third-order valence-electron chi connectivity index (χ3n) is 3.62. The van der Waals surface area contributed by atoms with Crippen LogP contribution in [0.25, 0.3) is 6.08 Å². The highest BCUT2D eigenvalue weighted by molar-refractivity contribution is 9.10. The predicted molar refractivity (Wildman–Crippen MR) is 97.0 cm³/mol. The summed E-state index contributed by atoms with van der Waals surface area (Å²) < 4.78 is 11.4. The molecule has 0 bridgehead atoms. The summed E-state index contributed by atoms with van der Waals surface area (Å²) in [6.07, 6.45) is 3.02. The van der Waals surface area contributed by atoms with Gasteiger partial charge in [-0.25, -0.2) is 9.79 Å². The van der Waals surface area contributed by atoms with E-state index in [1.54, 1.807) is 13.2 Å². The van der Waals surface area contributed by atoms with E-state index in [9.17, 15) is 4.79 Å². The van der Waals surface area contributed by atoms with Crippen molar-refractivity contribution in [2.75, 3.05) is 7.11 Å². The van der Waals surface area contributed by atoms with Gasteiger partial charge in [0.05, 0.1) is 7.11 Å². The topological polar surface area (TPSA) is 47.9 Å². The van der Waals surface area contributed by atoms with Gasteiger partial charge in [0, 0.05) is 10.9 Å². The Kier molecular flexibility index (Phi) is 5.11. The average Bonchev–Trinajstić information content (AvgIpc) is 2.95. The molecule has 0 aromatic heterocycles. The zero-order chi connectivity index (χ0) is 16.9. The molecule has 1 aliphatic rings. The van der Waals surface area contributed by atoms with Gasteiger partial charge < -0.3 is 9.47 Å². The van der Waals surface area contributed by atoms with Gasteiger partial charge in [-0.1, -0.05) is 46.3 Å². The van der Waals surface area contributed by atoms with E-state index in [2.05, 4.69) is 20.9 Å². The molecule has 0 saturated heterocycles. The number of carbonyl (C=O) groups excluding carboxylic acids is 1. The molecule has 122 valence electrons. The van der Waals surface area contributed by atoms with Gasteiger partial charge in [0.15, 0.2) is 11.6 Å². The van der Waals surface area contributed by atoms with Gasteiger partial charge in [-0.15, -0.1) is 0 Å². The van der Waals surface area contributed by atoms with Gasteiger partial charge in [0.1, 0.15) is 5.75 Å². The summed E-state index contributed by atoms with van der Waals surface area (Å²) in [5.41, 5.74) is 2.32. The van der Waals surface area contributed by atoms with Gasteiger partial charge in [-0.3, -0.25) is 0 Å². The Bertz CT molecular complexity index is 827. The molecule has 0 saturated carbocycles. The summed E-state index contributed by atoms with van der Waals surface area (Å²) in [5, 5.41) is 0. The lowest BCUT2D eigenvalue weighted by molar-refractivity contribution is -0.130. The standard InChI is InChI=1S/C19H16BrNO3/c1-23-15-7-4-5-13(11-15)9-10-18-21-17(19(22)24-18)12-14-6-2-3-8-16(14)20/h2-8,11-12H,9-10H2,1H3/b17-12-. The second-order valence-electron chi connectivity index (χ2n) is 5.30. The number of nitrogens with zero attached hydrogens (tertiary/aromatic N) is 1. The molecular formula is C19H16BrNO3. The van der Waals surface area contributed by atoms with Crippen molar-refractivity contribution in [2.24, 2.45) is 4.99 Å². The van der Waals surface area contributed by atoms with E-state index in [1.807, 2.05) is 48.5 Å². The van der Waals surface area contributed by atoms with Gasteiger partial charge in [-0.2, -0.15) is 0 Å². The molecule has 0 amide bonds. The maximum atomic E-state index is 12.0. The molecule has 1 heterocycles. The number of halogens is 1. The lowest BCUT2D eigenvalue weighted by Gasteiger charge is -2.03. The van der Waals surface area contributed by atoms with E-state index >= 15 is 0 Å². The molecule has 0 spiro atoms. The highest BCUT2D eigenvalue weighted by Crippen LogP contribution is 2.23. The molecule has 3 rings (SSSR count). The Balaban J connectivity index is 1.71. The van der Waals surface area contributed by atoms with Crippen molar-refractivity contribution < 1.29 is 14.3 Å². The normalized spacial score (nSPS) is 15.3. The molecule has 5 heteroatoms. The van der Waals surface area contributed by atoms with Crippen LogP contribution in [0.3, 0.4) is 0 Å². The zero-order valence-electron chi connectivity index (χ0n) is 13.2. The van der Waals surface area contributed by atoms with E-state index in [1.165, 1.54) is 0 Å². The number of esters is 1. The molecule has 0 unspecified atom stereocenters. The highest BCUT2D eigenvalue weighted by Gasteiger charge is 2.22. The van der Waals surface area contributed by atoms with Crippen LogP contribution in [-0.4, -0.2) is 19.0 Å². The van der Waals surface area contributed by atoms with Crippen molar-refractivity contribution in [1.29, 1.82) is 0 Å². The predicted octanol–water partition coefficient (Wildman–Crippen LogP) is 4.39. The number of hydrogen-bond acceptors (Lipinski definition) is 4. The lowest BCUT2D eigenvalue weighted by atomic mass is 10.1. The number of methoxy groups -OCH3 is 1. The summed E-state index contributed by atoms with van der Waals surface area (Å²) in [4.78, 5) is 16.3. The van der Waals surface area contributed by atoms with Gasteiger partial charge >= 0.3 is 5.97 Å². The minimum Gasteiger partial charge on any atom is -0.497 e. The second-order valence-corrected chi connectivity index (χ2v) is 6.15. The monoisotopic (exact) mass is 385 g/mol. The maximum Gasteiger partial charge on any atom is 0.363 e. The van der Waals surface area contributed by atoms with E-state index in [-0.39, 0.29) is 0 Å². The fraction of sp³-hybridized carbons (Fsp3) is 0.158. The van der Waals surface area contributed by atoms with Crippen LogP contribution >= 0.6 is 15.9 Å². The first-order chi connectivity index (χ1) is 11.7. The van der Waals surface area contributed by atoms with Gasteiger partial charge in [0.2, 0.25) is 0 Å². The first-order valence-corrected chi connectivity index (χ1v) is 8.34. The summed E-state index contributed by atoms with van der Waals surface area (Å²) in [6, 6.07) is 15.5. The number of aliphatic imine (C=N–C) groups is 1. The van der Waals surface area contributed by atoms with Gasteiger partial charge in [0.25, 0.3) is 0 Å². The number of aryl methyl sites for hydroxylation is 1. The zero-order valence-corrected chi connectivity index (χ0v) is 14.7. The van der Waals surface area contributed by atoms with Crippen LogP contribution in [0.2, 0.25) is 0 Å². The Labute approximate surface area is 148 Å². The summed E-state index contributed by atoms with van der Waals surface area (Å²) in [6.45, 7) is 0. The van der Waals surface area contributed by atoms with Crippen LogP contribution in [0.1, 0.15) is 17.5 Å². The molecule has 4 nitrogen and oxygen atoms in total. The SMILES string of the molecule is COc1cccc(CCC2=N/C(=C\c3ccccc3Br)C(=O)O2)c1. The Morgan fingerprint density at radius 2 is 2.00 bits per heavy atom. The number of ether oxygens (including phenoxy) is 2. The molecule has 0 atom stereocenters. The van der Waals surface area contributed by atoms with Crippen molar-refractivity contribution in [3.8, 4) is 5.75 Å². The number of hydrogen-bond donors (Lipinski definition) is 0. The largest absolute Gasteiger partial charge is 0.497 e. The summed E-state index contributed by atoms with van der Waals surface area (Å²) >= 11 is 3.46. The van der Waals surface area contributed by atoms with Crippen LogP contribution < -0.4 is 4.74 Å². The minimum absolute atomic E-state index is 0.322. The molecule has 1 aliphatic heterocycles. The van der Waals surface area contributed by atoms with Crippen LogP contribution in [0.4, 0.5) is 0 Å². The summed E-state index contributed by atoms with van der Waals surface area (Å²) in [5.74, 6) is 0.847. The third-order valence-corrected chi connectivity index (χ3v) is 4.35. The smallest absolute Gasteiger partial charge is 0.363 e. The molecular weight excluding hydrogens is 370 g/mol. The molecule has 2 aromatic carbocycles. The first-order valence-electron chi connectivity index (χ1n) is 7.54. The van der Waals surface area contributed by atoms with Crippen molar-refractivity contribution in [2.45, 2.75) is 12.8 Å². The minimum atomic E-state index is -0.411. The van der Waals surface area contributed by atoms with E-state index in [4.69, 9.17) is 9.47 Å². The van der Waals surface area contributed by atoms with Crippen molar-refractivity contribution >= 4 is 33.9 Å². The fourth-order valence-electron chi connectivity index (χ4n) is 2.38. The molecule has 0 radical (unpaired) electrons. The van der Waals surface area contributed by atoms with Crippen molar-refractivity contribution in [3.05, 3.63) is 69.8 Å². The lowest BCUT2D eigenvalue weighted by Crippen LogP contribution is -2.05. The maximum absolute atomic E-state index is 12.0. The van der Waals surface area contributed by atoms with Crippen LogP contribution in [0.5, 0.6) is 5.75 Å². The molecule has 0 N–H and O–H groups in total. The highest BCUT2D eigenvalue weighted by atomic mass is 79.9. The van der Waals surface area contributed by atoms with Crippen LogP contribution in [-0.2, 0) is 16.0 Å². The average molecular weight is 386 g/mol. The van der Waals surface area contributed by atoms with Gasteiger partial charge in [-0.05, 0) is 41.8 Å². The quantitative estimate of drug-likeness (QED) is 0.566. The van der Waals surface area contributed by atoms with Crippen LogP contribution in [0, 0.1) is 0 Å². The second kappa shape index (κ2) is 7.45. The number of benzene rings is 2. The van der Waals surface area contributed by atoms with Crippen molar-refractivity contribution in [3.63, 3.8) is 0 Å². The Hall–Kier alpha value is -2.40. The Morgan fingerprint density at radius 1 is 1.17 bits per heavy atom. The molecule has 24 heavy (non-hydrogen) atoms. The number of rotatable bonds is 5. The van der Waals surface area contributed by atoms with Crippen molar-refractivity contribution in [1.82, 2.24) is 0 Å². The third kappa shape index (κ3) is 3.92. The van der Waals surface area contributed by atoms with E-state index in [0.717, 1.165) is 27.8 Å². The fourth-order valence-corrected chi connectivity index (χ4v) is 2.78. The Morgan fingerprint density at radius 3 is 2.79 bits per heavy atom. The number of cyclic esters (lactones) is 1. The molecule has 0 aliphatic carbocycles. The molecule has 0 fully saturated rings. The first kappa shape index (κ1) is 16.5. The van der Waals surface area contributed by atoms with Crippen LogP contribution in [0.15, 0.2) is 63.7 Å². The van der Waals surface area contributed by atoms with E-state index in [0.29, 0.717) is 18.0 Å². The summed E-state index contributed by atoms with van der Waals surface area (Å²) in [7, 11) is 1.64. The van der Waals surface area contributed by atoms with E-state index < -0.39 is 5.97 Å².